The Bertz CT molecular complexity index is 660. The van der Waals surface area contributed by atoms with Crippen molar-refractivity contribution in [3.05, 3.63) is 35.2 Å². The lowest BCUT2D eigenvalue weighted by atomic mass is 10.0. The van der Waals surface area contributed by atoms with Gasteiger partial charge in [-0.05, 0) is 62.4 Å². The molecule has 0 amide bonds. The number of benzene rings is 1. The molecule has 1 aromatic heterocycles. The normalized spacial score (nSPS) is 19.7. The van der Waals surface area contributed by atoms with Crippen molar-refractivity contribution in [3.8, 4) is 11.4 Å². The van der Waals surface area contributed by atoms with Crippen LogP contribution in [0.1, 0.15) is 31.6 Å². The van der Waals surface area contributed by atoms with Crippen molar-refractivity contribution >= 4 is 11.6 Å². The van der Waals surface area contributed by atoms with E-state index in [4.69, 9.17) is 16.1 Å². The van der Waals surface area contributed by atoms with E-state index >= 15 is 0 Å². The maximum absolute atomic E-state index is 5.91. The number of likely N-dealkylation sites (tertiary alicyclic amines) is 1. The maximum atomic E-state index is 5.91. The summed E-state index contributed by atoms with van der Waals surface area (Å²) in [6.07, 6.45) is 5.23. The fraction of sp³-hybridized carbons (Fsp3) is 0.556. The quantitative estimate of drug-likeness (QED) is 0.869. The molecule has 24 heavy (non-hydrogen) atoms. The molecule has 2 heterocycles. The van der Waals surface area contributed by atoms with E-state index in [0.29, 0.717) is 22.8 Å². The van der Waals surface area contributed by atoms with E-state index in [1.807, 2.05) is 24.3 Å². The molecular weight excluding hydrogens is 324 g/mol. The predicted octanol–water partition coefficient (Wildman–Crippen LogP) is 3.35. The summed E-state index contributed by atoms with van der Waals surface area (Å²) in [4.78, 5) is 6.91. The molecule has 4 rings (SSSR count). The summed E-state index contributed by atoms with van der Waals surface area (Å²) >= 11 is 5.91. The van der Waals surface area contributed by atoms with Gasteiger partial charge in [-0.1, -0.05) is 16.8 Å². The molecule has 2 aliphatic rings. The summed E-state index contributed by atoms with van der Waals surface area (Å²) in [6.45, 7) is 4.11. The highest BCUT2D eigenvalue weighted by molar-refractivity contribution is 6.30. The third-order valence-corrected chi connectivity index (χ3v) is 5.16. The van der Waals surface area contributed by atoms with Crippen molar-refractivity contribution in [2.24, 2.45) is 5.92 Å². The predicted molar refractivity (Wildman–Crippen MR) is 93.8 cm³/mol. The van der Waals surface area contributed by atoms with Gasteiger partial charge in [0.25, 0.3) is 0 Å². The third-order valence-electron chi connectivity index (χ3n) is 4.91. The van der Waals surface area contributed by atoms with Crippen molar-refractivity contribution < 1.29 is 4.52 Å². The number of nitrogens with zero attached hydrogens (tertiary/aromatic N) is 3. The Morgan fingerprint density at radius 2 is 1.88 bits per heavy atom. The Hall–Kier alpha value is -1.43. The highest BCUT2D eigenvalue weighted by Gasteiger charge is 2.25. The molecule has 0 radical (unpaired) electrons. The van der Waals surface area contributed by atoms with Crippen LogP contribution in [0.15, 0.2) is 28.8 Å². The number of hydrogen-bond acceptors (Lipinski definition) is 5. The van der Waals surface area contributed by atoms with E-state index in [-0.39, 0.29) is 0 Å². The Balaban J connectivity index is 1.27. The number of halogens is 1. The first-order valence-electron chi connectivity index (χ1n) is 8.80. The van der Waals surface area contributed by atoms with Crippen molar-refractivity contribution in [2.45, 2.75) is 38.3 Å². The molecule has 0 spiro atoms. The second-order valence-corrected chi connectivity index (χ2v) is 7.36. The summed E-state index contributed by atoms with van der Waals surface area (Å²) in [5.41, 5.74) is 0.928. The van der Waals surface area contributed by atoms with Crippen molar-refractivity contribution in [2.75, 3.05) is 19.6 Å². The molecule has 6 heteroatoms. The van der Waals surface area contributed by atoms with Gasteiger partial charge in [-0.25, -0.2) is 0 Å². The lowest BCUT2D eigenvalue weighted by Gasteiger charge is -2.31. The Kier molecular flexibility index (Phi) is 4.83. The van der Waals surface area contributed by atoms with Gasteiger partial charge in [0.2, 0.25) is 11.7 Å². The molecule has 1 saturated carbocycles. The summed E-state index contributed by atoms with van der Waals surface area (Å²) in [7, 11) is 0. The minimum atomic E-state index is 0.627. The van der Waals surface area contributed by atoms with E-state index < -0.39 is 0 Å². The number of hydrogen-bond donors (Lipinski definition) is 1. The van der Waals surface area contributed by atoms with Crippen LogP contribution in [-0.2, 0) is 6.54 Å². The standard InChI is InChI=1S/C18H23ClN4O/c19-15-5-3-14(4-6-15)18-21-17(24-22-18)12-23-9-7-16(8-10-23)20-11-13-1-2-13/h3-6,13,16,20H,1-2,7-12H2. The zero-order valence-corrected chi connectivity index (χ0v) is 14.5. The summed E-state index contributed by atoms with van der Waals surface area (Å²) < 4.78 is 5.41. The Morgan fingerprint density at radius 1 is 1.12 bits per heavy atom. The van der Waals surface area contributed by atoms with E-state index in [1.165, 1.54) is 32.2 Å². The van der Waals surface area contributed by atoms with E-state index in [1.54, 1.807) is 0 Å². The van der Waals surface area contributed by atoms with Crippen LogP contribution in [-0.4, -0.2) is 40.7 Å². The average Bonchev–Trinajstić information content (AvgIpc) is 3.33. The molecule has 128 valence electrons. The van der Waals surface area contributed by atoms with Crippen LogP contribution in [0.2, 0.25) is 5.02 Å². The highest BCUT2D eigenvalue weighted by Crippen LogP contribution is 2.28. The third kappa shape index (κ3) is 4.15. The SMILES string of the molecule is Clc1ccc(-c2noc(CN3CCC(NCC4CC4)CC3)n2)cc1. The molecular formula is C18H23ClN4O. The molecule has 0 unspecified atom stereocenters. The van der Waals surface area contributed by atoms with Gasteiger partial charge in [0, 0.05) is 29.7 Å². The van der Waals surface area contributed by atoms with Gasteiger partial charge >= 0.3 is 0 Å². The molecule has 2 fully saturated rings. The van der Waals surface area contributed by atoms with Crippen LogP contribution in [0.25, 0.3) is 11.4 Å². The van der Waals surface area contributed by atoms with E-state index in [2.05, 4.69) is 20.4 Å². The first-order valence-corrected chi connectivity index (χ1v) is 9.18. The average molecular weight is 347 g/mol. The fourth-order valence-corrected chi connectivity index (χ4v) is 3.30. The number of aromatic nitrogens is 2. The van der Waals surface area contributed by atoms with E-state index in [9.17, 15) is 0 Å². The van der Waals surface area contributed by atoms with Gasteiger partial charge < -0.3 is 9.84 Å². The summed E-state index contributed by atoms with van der Waals surface area (Å²) in [6, 6.07) is 8.18. The van der Waals surface area contributed by atoms with Gasteiger partial charge in [-0.15, -0.1) is 0 Å². The largest absolute Gasteiger partial charge is 0.338 e. The molecule has 5 nitrogen and oxygen atoms in total. The molecule has 1 aromatic carbocycles. The first-order chi connectivity index (χ1) is 11.8. The molecule has 1 aliphatic heterocycles. The zero-order chi connectivity index (χ0) is 16.4. The maximum Gasteiger partial charge on any atom is 0.241 e. The number of rotatable bonds is 6. The first kappa shape index (κ1) is 16.1. The molecule has 0 atom stereocenters. The van der Waals surface area contributed by atoms with Gasteiger partial charge in [0.15, 0.2) is 0 Å². The number of piperidine rings is 1. The minimum absolute atomic E-state index is 0.627. The second kappa shape index (κ2) is 7.21. The van der Waals surface area contributed by atoms with Crippen LogP contribution >= 0.6 is 11.6 Å². The Labute approximate surface area is 147 Å². The van der Waals surface area contributed by atoms with E-state index in [0.717, 1.165) is 31.1 Å². The minimum Gasteiger partial charge on any atom is -0.338 e. The van der Waals surface area contributed by atoms with Crippen LogP contribution in [0.5, 0.6) is 0 Å². The van der Waals surface area contributed by atoms with Crippen LogP contribution in [0.4, 0.5) is 0 Å². The summed E-state index contributed by atoms with van der Waals surface area (Å²) in [5.74, 6) is 2.26. The molecule has 0 bridgehead atoms. The van der Waals surface area contributed by atoms with Gasteiger partial charge in [-0.2, -0.15) is 4.98 Å². The lowest BCUT2D eigenvalue weighted by molar-refractivity contribution is 0.170. The second-order valence-electron chi connectivity index (χ2n) is 6.92. The topological polar surface area (TPSA) is 54.2 Å². The molecule has 1 N–H and O–H groups in total. The van der Waals surface area contributed by atoms with Crippen LogP contribution in [0.3, 0.4) is 0 Å². The van der Waals surface area contributed by atoms with Crippen molar-refractivity contribution in [1.29, 1.82) is 0 Å². The zero-order valence-electron chi connectivity index (χ0n) is 13.7. The summed E-state index contributed by atoms with van der Waals surface area (Å²) in [5, 5.41) is 8.50. The van der Waals surface area contributed by atoms with Gasteiger partial charge in [-0.3, -0.25) is 4.90 Å². The molecule has 2 aromatic rings. The monoisotopic (exact) mass is 346 g/mol. The van der Waals surface area contributed by atoms with Gasteiger partial charge in [0.1, 0.15) is 0 Å². The highest BCUT2D eigenvalue weighted by atomic mass is 35.5. The Morgan fingerprint density at radius 3 is 2.58 bits per heavy atom. The van der Waals surface area contributed by atoms with Gasteiger partial charge in [0.05, 0.1) is 6.54 Å². The van der Waals surface area contributed by atoms with Crippen molar-refractivity contribution in [3.63, 3.8) is 0 Å². The molecule has 1 aliphatic carbocycles. The van der Waals surface area contributed by atoms with Crippen molar-refractivity contribution in [1.82, 2.24) is 20.4 Å². The molecule has 1 saturated heterocycles. The fourth-order valence-electron chi connectivity index (χ4n) is 3.18. The van der Waals surface area contributed by atoms with Crippen LogP contribution < -0.4 is 5.32 Å². The smallest absolute Gasteiger partial charge is 0.241 e. The lowest BCUT2D eigenvalue weighted by Crippen LogP contribution is -2.42. The van der Waals surface area contributed by atoms with Crippen LogP contribution in [0, 0.1) is 5.92 Å². The number of nitrogens with one attached hydrogen (secondary N) is 1.